The lowest BCUT2D eigenvalue weighted by atomic mass is 9.95. The van der Waals surface area contributed by atoms with E-state index in [0.717, 1.165) is 30.1 Å². The van der Waals surface area contributed by atoms with Crippen LogP contribution in [0.2, 0.25) is 0 Å². The van der Waals surface area contributed by atoms with Crippen molar-refractivity contribution in [2.75, 3.05) is 13.1 Å². The van der Waals surface area contributed by atoms with Crippen molar-refractivity contribution < 1.29 is 9.32 Å². The Kier molecular flexibility index (Phi) is 5.37. The van der Waals surface area contributed by atoms with E-state index in [9.17, 15) is 4.79 Å². The number of hydrogen-bond donors (Lipinski definition) is 0. The number of pyridine rings is 1. The summed E-state index contributed by atoms with van der Waals surface area (Å²) < 4.78 is 7.24. The quantitative estimate of drug-likeness (QED) is 0.654. The van der Waals surface area contributed by atoms with Gasteiger partial charge >= 0.3 is 0 Å². The van der Waals surface area contributed by atoms with E-state index in [1.165, 1.54) is 0 Å². The highest BCUT2D eigenvalue weighted by atomic mass is 16.5. The second-order valence-electron chi connectivity index (χ2n) is 7.55. The number of hydrogen-bond acceptors (Lipinski definition) is 7. The van der Waals surface area contributed by atoms with Crippen molar-refractivity contribution in [3.8, 4) is 11.5 Å². The van der Waals surface area contributed by atoms with Gasteiger partial charge in [0.2, 0.25) is 5.91 Å². The van der Waals surface area contributed by atoms with E-state index in [0.29, 0.717) is 31.2 Å². The average molecular weight is 395 g/mol. The van der Waals surface area contributed by atoms with Crippen molar-refractivity contribution in [3.05, 3.63) is 42.0 Å². The Morgan fingerprint density at radius 1 is 1.21 bits per heavy atom. The van der Waals surface area contributed by atoms with Crippen LogP contribution in [0.15, 0.2) is 29.0 Å². The van der Waals surface area contributed by atoms with Gasteiger partial charge in [0.05, 0.1) is 6.04 Å². The predicted molar refractivity (Wildman–Crippen MR) is 105 cm³/mol. The van der Waals surface area contributed by atoms with Crippen LogP contribution in [0.4, 0.5) is 0 Å². The van der Waals surface area contributed by atoms with Crippen LogP contribution in [-0.4, -0.2) is 53.8 Å². The fraction of sp³-hybridized carbons (Fsp3) is 0.500. The molecule has 9 nitrogen and oxygen atoms in total. The summed E-state index contributed by atoms with van der Waals surface area (Å²) >= 11 is 0. The summed E-state index contributed by atoms with van der Waals surface area (Å²) in [5, 5.41) is 8.55. The van der Waals surface area contributed by atoms with Gasteiger partial charge in [0.1, 0.15) is 11.6 Å². The van der Waals surface area contributed by atoms with E-state index in [-0.39, 0.29) is 17.9 Å². The molecule has 1 fully saturated rings. The fourth-order valence-electron chi connectivity index (χ4n) is 3.82. The molecule has 0 saturated carbocycles. The molecule has 0 radical (unpaired) electrons. The molecular weight excluding hydrogens is 370 g/mol. The molecule has 29 heavy (non-hydrogen) atoms. The molecule has 0 spiro atoms. The minimum Gasteiger partial charge on any atom is -0.343 e. The first-order valence-corrected chi connectivity index (χ1v) is 9.93. The smallest absolute Gasteiger partial charge is 0.258 e. The third-order valence-corrected chi connectivity index (χ3v) is 5.38. The first-order chi connectivity index (χ1) is 14.0. The molecule has 0 aromatic carbocycles. The van der Waals surface area contributed by atoms with Crippen molar-refractivity contribution >= 4 is 5.91 Å². The normalized spacial score (nSPS) is 16.2. The Balaban J connectivity index is 1.33. The van der Waals surface area contributed by atoms with Gasteiger partial charge < -0.3 is 9.42 Å². The maximum atomic E-state index is 12.7. The van der Waals surface area contributed by atoms with Gasteiger partial charge in [0.25, 0.3) is 5.89 Å². The van der Waals surface area contributed by atoms with Gasteiger partial charge in [-0.15, -0.1) is 0 Å². The SMILES string of the molecule is Cc1nc(C)n(C(C)CC(=O)N2CCC(c3noc(-c4ccncc4)n3)CC2)n1. The Morgan fingerprint density at radius 2 is 1.93 bits per heavy atom. The van der Waals surface area contributed by atoms with E-state index in [2.05, 4.69) is 25.2 Å². The van der Waals surface area contributed by atoms with Gasteiger partial charge in [-0.25, -0.2) is 9.67 Å². The first-order valence-electron chi connectivity index (χ1n) is 9.93. The van der Waals surface area contributed by atoms with Gasteiger partial charge in [-0.3, -0.25) is 9.78 Å². The molecule has 1 atom stereocenters. The minimum atomic E-state index is -0.0125. The van der Waals surface area contributed by atoms with E-state index < -0.39 is 0 Å². The van der Waals surface area contributed by atoms with Crippen LogP contribution in [0.5, 0.6) is 0 Å². The van der Waals surface area contributed by atoms with Crippen molar-refractivity contribution in [2.24, 2.45) is 0 Å². The van der Waals surface area contributed by atoms with Crippen LogP contribution < -0.4 is 0 Å². The molecule has 1 saturated heterocycles. The van der Waals surface area contributed by atoms with E-state index in [1.54, 1.807) is 12.4 Å². The standard InChI is InChI=1S/C20H25N7O2/c1-13(27-15(3)22-14(2)24-27)12-18(28)26-10-6-16(7-11-26)19-23-20(29-25-19)17-4-8-21-9-5-17/h4-5,8-9,13,16H,6-7,10-12H2,1-3H3. The molecule has 3 aromatic heterocycles. The zero-order chi connectivity index (χ0) is 20.4. The molecule has 0 bridgehead atoms. The minimum absolute atomic E-state index is 0.0125. The third-order valence-electron chi connectivity index (χ3n) is 5.38. The lowest BCUT2D eigenvalue weighted by Gasteiger charge is -2.31. The van der Waals surface area contributed by atoms with Crippen molar-refractivity contribution in [2.45, 2.75) is 52.0 Å². The Bertz CT molecular complexity index is 974. The monoisotopic (exact) mass is 395 g/mol. The summed E-state index contributed by atoms with van der Waals surface area (Å²) in [6, 6.07) is 3.68. The highest BCUT2D eigenvalue weighted by molar-refractivity contribution is 5.76. The summed E-state index contributed by atoms with van der Waals surface area (Å²) in [7, 11) is 0. The van der Waals surface area contributed by atoms with Crippen molar-refractivity contribution in [1.82, 2.24) is 34.8 Å². The van der Waals surface area contributed by atoms with Crippen LogP contribution in [0.1, 0.15) is 55.6 Å². The van der Waals surface area contributed by atoms with Crippen molar-refractivity contribution in [1.29, 1.82) is 0 Å². The maximum Gasteiger partial charge on any atom is 0.258 e. The molecule has 0 N–H and O–H groups in total. The summed E-state index contributed by atoms with van der Waals surface area (Å²) in [5.74, 6) is 3.14. The molecule has 152 valence electrons. The summed E-state index contributed by atoms with van der Waals surface area (Å²) in [5.41, 5.74) is 0.860. The number of amides is 1. The highest BCUT2D eigenvalue weighted by Gasteiger charge is 2.28. The molecule has 9 heteroatoms. The van der Waals surface area contributed by atoms with E-state index >= 15 is 0 Å². The van der Waals surface area contributed by atoms with Gasteiger partial charge in [-0.1, -0.05) is 5.16 Å². The summed E-state index contributed by atoms with van der Waals surface area (Å²) in [6.07, 6.45) is 5.48. The zero-order valence-electron chi connectivity index (χ0n) is 16.9. The molecule has 3 aromatic rings. The highest BCUT2D eigenvalue weighted by Crippen LogP contribution is 2.28. The molecular formula is C20H25N7O2. The maximum absolute atomic E-state index is 12.7. The Morgan fingerprint density at radius 3 is 2.59 bits per heavy atom. The molecule has 1 aliphatic rings. The molecule has 4 heterocycles. The Labute approximate surface area is 169 Å². The van der Waals surface area contributed by atoms with Crippen molar-refractivity contribution in [3.63, 3.8) is 0 Å². The van der Waals surface area contributed by atoms with Crippen LogP contribution >= 0.6 is 0 Å². The number of aromatic nitrogens is 6. The van der Waals surface area contributed by atoms with Gasteiger partial charge in [-0.2, -0.15) is 10.1 Å². The number of likely N-dealkylation sites (tertiary alicyclic amines) is 1. The first kappa shape index (κ1) is 19.2. The van der Waals surface area contributed by atoms with Crippen LogP contribution in [0.3, 0.4) is 0 Å². The summed E-state index contributed by atoms with van der Waals surface area (Å²) in [6.45, 7) is 7.18. The largest absolute Gasteiger partial charge is 0.343 e. The number of piperidine rings is 1. The van der Waals surface area contributed by atoms with Gasteiger partial charge in [-0.05, 0) is 45.7 Å². The second-order valence-corrected chi connectivity index (χ2v) is 7.55. The number of carbonyl (C=O) groups is 1. The average Bonchev–Trinajstić information content (AvgIpc) is 3.35. The zero-order valence-corrected chi connectivity index (χ0v) is 16.9. The van der Waals surface area contributed by atoms with Crippen LogP contribution in [0.25, 0.3) is 11.5 Å². The van der Waals surface area contributed by atoms with Crippen LogP contribution in [0, 0.1) is 13.8 Å². The van der Waals surface area contributed by atoms with Crippen LogP contribution in [-0.2, 0) is 4.79 Å². The number of aryl methyl sites for hydroxylation is 2. The third kappa shape index (κ3) is 4.18. The summed E-state index contributed by atoms with van der Waals surface area (Å²) in [4.78, 5) is 27.5. The Hall–Kier alpha value is -3.10. The lowest BCUT2D eigenvalue weighted by molar-refractivity contribution is -0.133. The fourth-order valence-corrected chi connectivity index (χ4v) is 3.82. The number of nitrogens with zero attached hydrogens (tertiary/aromatic N) is 7. The van der Waals surface area contributed by atoms with E-state index in [4.69, 9.17) is 4.52 Å². The molecule has 4 rings (SSSR count). The van der Waals surface area contributed by atoms with Gasteiger partial charge in [0.15, 0.2) is 5.82 Å². The number of rotatable bonds is 5. The van der Waals surface area contributed by atoms with E-state index in [1.807, 2.05) is 42.5 Å². The molecule has 1 aliphatic heterocycles. The second kappa shape index (κ2) is 8.10. The predicted octanol–water partition coefficient (Wildman–Crippen LogP) is 2.70. The molecule has 0 aliphatic carbocycles. The molecule has 1 unspecified atom stereocenters. The molecule has 1 amide bonds. The number of carbonyl (C=O) groups excluding carboxylic acids is 1. The van der Waals surface area contributed by atoms with Gasteiger partial charge in [0, 0.05) is 43.4 Å². The lowest BCUT2D eigenvalue weighted by Crippen LogP contribution is -2.39. The topological polar surface area (TPSA) is 103 Å².